The van der Waals surface area contributed by atoms with Crippen molar-refractivity contribution in [3.8, 4) is 22.9 Å². The van der Waals surface area contributed by atoms with Gasteiger partial charge in [-0.2, -0.15) is 0 Å². The number of oxazole rings is 1. The molecule has 1 aromatic carbocycles. The van der Waals surface area contributed by atoms with Crippen molar-refractivity contribution in [2.45, 2.75) is 39.2 Å². The van der Waals surface area contributed by atoms with Crippen molar-refractivity contribution in [1.82, 2.24) is 10.3 Å². The van der Waals surface area contributed by atoms with Crippen molar-refractivity contribution >= 4 is 17.8 Å². The van der Waals surface area contributed by atoms with Gasteiger partial charge < -0.3 is 23.6 Å². The second kappa shape index (κ2) is 10.6. The van der Waals surface area contributed by atoms with E-state index in [0.717, 1.165) is 11.1 Å². The number of benzene rings is 1. The topological polar surface area (TPSA) is 121 Å². The molecule has 9 heteroatoms. The molecule has 0 aliphatic rings. The van der Waals surface area contributed by atoms with Crippen LogP contribution < -0.4 is 5.32 Å². The summed E-state index contributed by atoms with van der Waals surface area (Å²) in [6.07, 6.45) is 3.38. The highest BCUT2D eigenvalue weighted by atomic mass is 16.6. The number of hydrogen-bond acceptors (Lipinski definition) is 8. The molecule has 2 aromatic heterocycles. The normalized spacial score (nSPS) is 11.1. The fraction of sp³-hybridized carbons (Fsp3) is 0.333. The second-order valence-corrected chi connectivity index (χ2v) is 7.24. The number of aryl methyl sites for hydroxylation is 1. The molecule has 33 heavy (non-hydrogen) atoms. The quantitative estimate of drug-likeness (QED) is 0.365. The van der Waals surface area contributed by atoms with Gasteiger partial charge in [0.25, 0.3) is 5.89 Å². The van der Waals surface area contributed by atoms with Crippen LogP contribution in [0.4, 0.5) is 0 Å². The first kappa shape index (κ1) is 23.8. The summed E-state index contributed by atoms with van der Waals surface area (Å²) >= 11 is 0. The molecule has 1 amide bonds. The van der Waals surface area contributed by atoms with Crippen LogP contribution in [0.15, 0.2) is 57.8 Å². The van der Waals surface area contributed by atoms with Crippen molar-refractivity contribution in [1.29, 1.82) is 0 Å². The Morgan fingerprint density at radius 1 is 1.00 bits per heavy atom. The molecule has 3 rings (SSSR count). The van der Waals surface area contributed by atoms with Crippen molar-refractivity contribution in [2.24, 2.45) is 0 Å². The van der Waals surface area contributed by atoms with Crippen LogP contribution >= 0.6 is 0 Å². The number of nitrogens with zero attached hydrogens (tertiary/aromatic N) is 1. The van der Waals surface area contributed by atoms with E-state index in [0.29, 0.717) is 23.8 Å². The fourth-order valence-corrected chi connectivity index (χ4v) is 3.35. The van der Waals surface area contributed by atoms with Crippen LogP contribution in [0.3, 0.4) is 0 Å². The average molecular weight is 454 g/mol. The van der Waals surface area contributed by atoms with Gasteiger partial charge >= 0.3 is 11.9 Å². The molecule has 174 valence electrons. The monoisotopic (exact) mass is 454 g/mol. The SMILES string of the molecule is CCOC(=O)C(CCc1ccc(-c2coc(-c3ccco3)n2)cc1)(NC(C)=O)C(=O)OCC. The summed E-state index contributed by atoms with van der Waals surface area (Å²) in [4.78, 5) is 41.7. The summed E-state index contributed by atoms with van der Waals surface area (Å²) in [6, 6.07) is 10.9. The summed E-state index contributed by atoms with van der Waals surface area (Å²) in [5.74, 6) is -1.32. The molecule has 0 aliphatic heterocycles. The van der Waals surface area contributed by atoms with Crippen LogP contribution in [0.2, 0.25) is 0 Å². The number of carbonyl (C=O) groups excluding carboxylic acids is 3. The lowest BCUT2D eigenvalue weighted by Gasteiger charge is -2.29. The zero-order chi connectivity index (χ0) is 23.8. The number of hydrogen-bond donors (Lipinski definition) is 1. The Hall–Kier alpha value is -3.88. The van der Waals surface area contributed by atoms with Crippen LogP contribution in [-0.4, -0.2) is 41.6 Å². The highest BCUT2D eigenvalue weighted by Gasteiger charge is 2.49. The summed E-state index contributed by atoms with van der Waals surface area (Å²) in [5, 5.41) is 2.47. The van der Waals surface area contributed by atoms with Crippen LogP contribution in [-0.2, 0) is 30.3 Å². The largest absolute Gasteiger partial charge is 0.464 e. The van der Waals surface area contributed by atoms with Crippen molar-refractivity contribution in [3.05, 3.63) is 54.5 Å². The maximum Gasteiger partial charge on any atom is 0.343 e. The van der Waals surface area contributed by atoms with E-state index in [2.05, 4.69) is 10.3 Å². The number of rotatable bonds is 10. The smallest absolute Gasteiger partial charge is 0.343 e. The minimum absolute atomic E-state index is 0.0177. The first-order valence-electron chi connectivity index (χ1n) is 10.6. The summed E-state index contributed by atoms with van der Waals surface area (Å²) in [7, 11) is 0. The highest BCUT2D eigenvalue weighted by Crippen LogP contribution is 2.26. The third-order valence-corrected chi connectivity index (χ3v) is 4.91. The molecule has 0 bridgehead atoms. The predicted molar refractivity (Wildman–Crippen MR) is 118 cm³/mol. The van der Waals surface area contributed by atoms with Gasteiger partial charge in [-0.15, -0.1) is 0 Å². The first-order chi connectivity index (χ1) is 15.9. The molecule has 1 N–H and O–H groups in total. The molecule has 2 heterocycles. The van der Waals surface area contributed by atoms with Gasteiger partial charge in [-0.05, 0) is 44.4 Å². The molecule has 0 fully saturated rings. The number of carbonyl (C=O) groups is 3. The highest BCUT2D eigenvalue weighted by molar-refractivity contribution is 6.07. The molecule has 0 radical (unpaired) electrons. The molecular formula is C24H26N2O7. The Morgan fingerprint density at radius 3 is 2.21 bits per heavy atom. The number of nitrogens with one attached hydrogen (secondary N) is 1. The molecule has 0 spiro atoms. The van der Waals surface area contributed by atoms with Crippen molar-refractivity contribution in [3.63, 3.8) is 0 Å². The molecule has 9 nitrogen and oxygen atoms in total. The molecular weight excluding hydrogens is 428 g/mol. The third-order valence-electron chi connectivity index (χ3n) is 4.91. The third kappa shape index (κ3) is 5.49. The molecule has 0 saturated heterocycles. The molecule has 0 atom stereocenters. The van der Waals surface area contributed by atoms with Gasteiger partial charge in [0.2, 0.25) is 11.4 Å². The van der Waals surface area contributed by atoms with E-state index in [1.54, 1.807) is 32.2 Å². The van der Waals surface area contributed by atoms with E-state index < -0.39 is 23.4 Å². The Labute approximate surface area is 191 Å². The van der Waals surface area contributed by atoms with Crippen LogP contribution in [0, 0.1) is 0 Å². The Bertz CT molecular complexity index is 1070. The number of aromatic nitrogens is 1. The second-order valence-electron chi connectivity index (χ2n) is 7.24. The van der Waals surface area contributed by atoms with Gasteiger partial charge in [0.15, 0.2) is 5.76 Å². The number of amides is 1. The van der Waals surface area contributed by atoms with Crippen LogP contribution in [0.25, 0.3) is 22.9 Å². The first-order valence-corrected chi connectivity index (χ1v) is 10.6. The van der Waals surface area contributed by atoms with Gasteiger partial charge in [0.05, 0.1) is 19.5 Å². The maximum absolute atomic E-state index is 12.7. The van der Waals surface area contributed by atoms with E-state index in [4.69, 9.17) is 18.3 Å². The van der Waals surface area contributed by atoms with Gasteiger partial charge in [0.1, 0.15) is 12.0 Å². The predicted octanol–water partition coefficient (Wildman–Crippen LogP) is 3.54. The van der Waals surface area contributed by atoms with Crippen LogP contribution in [0.5, 0.6) is 0 Å². The Balaban J connectivity index is 1.78. The number of ether oxygens (including phenoxy) is 2. The van der Waals surface area contributed by atoms with Gasteiger partial charge in [-0.1, -0.05) is 24.3 Å². The molecule has 0 aliphatic carbocycles. The van der Waals surface area contributed by atoms with Crippen molar-refractivity contribution in [2.75, 3.05) is 13.2 Å². The minimum atomic E-state index is -1.92. The standard InChI is InChI=1S/C24H26N2O7/c1-4-30-22(28)24(26-16(3)27,23(29)31-5-2)13-12-17-8-10-18(11-9-17)19-15-33-21(25-19)20-7-6-14-32-20/h6-11,14-15H,4-5,12-13H2,1-3H3,(H,26,27). The summed E-state index contributed by atoms with van der Waals surface area (Å²) < 4.78 is 21.0. The summed E-state index contributed by atoms with van der Waals surface area (Å²) in [6.45, 7) is 4.61. The van der Waals surface area contributed by atoms with E-state index >= 15 is 0 Å². The fourth-order valence-electron chi connectivity index (χ4n) is 3.35. The average Bonchev–Trinajstić information content (AvgIpc) is 3.49. The Morgan fingerprint density at radius 2 is 1.67 bits per heavy atom. The zero-order valence-corrected chi connectivity index (χ0v) is 18.8. The van der Waals surface area contributed by atoms with E-state index in [1.165, 1.54) is 13.2 Å². The van der Waals surface area contributed by atoms with Crippen molar-refractivity contribution < 1.29 is 32.7 Å². The summed E-state index contributed by atoms with van der Waals surface area (Å²) in [5.41, 5.74) is 0.389. The van der Waals surface area contributed by atoms with E-state index in [1.807, 2.05) is 24.3 Å². The Kier molecular flexibility index (Phi) is 7.66. The van der Waals surface area contributed by atoms with Gasteiger partial charge in [-0.3, -0.25) is 4.79 Å². The van der Waals surface area contributed by atoms with Gasteiger partial charge in [0, 0.05) is 12.5 Å². The lowest BCUT2D eigenvalue weighted by molar-refractivity contribution is -0.168. The number of furan rings is 1. The van der Waals surface area contributed by atoms with Crippen LogP contribution in [0.1, 0.15) is 32.8 Å². The molecule has 0 unspecified atom stereocenters. The molecule has 0 saturated carbocycles. The minimum Gasteiger partial charge on any atom is -0.464 e. The van der Waals surface area contributed by atoms with Gasteiger partial charge in [-0.25, -0.2) is 14.6 Å². The lowest BCUT2D eigenvalue weighted by atomic mass is 9.90. The van der Waals surface area contributed by atoms with E-state index in [9.17, 15) is 14.4 Å². The zero-order valence-electron chi connectivity index (χ0n) is 18.8. The lowest BCUT2D eigenvalue weighted by Crippen LogP contribution is -2.61. The molecule has 3 aromatic rings. The maximum atomic E-state index is 12.7. The number of esters is 2. The van der Waals surface area contributed by atoms with E-state index in [-0.39, 0.29) is 19.6 Å².